The maximum Gasteiger partial charge on any atom is 0.305 e. The zero-order chi connectivity index (χ0) is 30.2. The molecule has 0 bridgehead atoms. The summed E-state index contributed by atoms with van der Waals surface area (Å²) in [6, 6.07) is 0.550. The van der Waals surface area contributed by atoms with Crippen LogP contribution in [0.15, 0.2) is 0 Å². The number of nitrogens with one attached hydrogen (secondary N) is 3. The van der Waals surface area contributed by atoms with Gasteiger partial charge in [0.2, 0.25) is 0 Å². The summed E-state index contributed by atoms with van der Waals surface area (Å²) in [6.45, 7) is 13.6. The predicted octanol–water partition coefficient (Wildman–Crippen LogP) is 4.86. The number of esters is 1. The minimum absolute atomic E-state index is 0.0739. The Kier molecular flexibility index (Phi) is 13.0. The topological polar surface area (TPSA) is 109 Å². The van der Waals surface area contributed by atoms with E-state index in [1.54, 1.807) is 0 Å². The summed E-state index contributed by atoms with van der Waals surface area (Å²) < 4.78 is 4.93. The molecule has 0 amide bonds. The van der Waals surface area contributed by atoms with E-state index in [9.17, 15) is 9.90 Å². The highest BCUT2D eigenvalue weighted by atomic mass is 16.5. The van der Waals surface area contributed by atoms with E-state index in [2.05, 4.69) is 36.7 Å². The van der Waals surface area contributed by atoms with E-state index < -0.39 is 0 Å². The van der Waals surface area contributed by atoms with E-state index in [1.165, 1.54) is 64.9 Å². The van der Waals surface area contributed by atoms with Gasteiger partial charge in [0.15, 0.2) is 0 Å². The molecule has 0 aromatic carbocycles. The number of rotatable bonds is 17. The van der Waals surface area contributed by atoms with Crippen molar-refractivity contribution in [2.75, 3.05) is 46.4 Å². The first kappa shape index (κ1) is 34.1. The lowest BCUT2D eigenvalue weighted by molar-refractivity contribution is -0.162. The average molecular weight is 591 g/mol. The molecule has 0 heterocycles. The van der Waals surface area contributed by atoms with E-state index in [0.29, 0.717) is 41.5 Å². The summed E-state index contributed by atoms with van der Waals surface area (Å²) in [5.41, 5.74) is 6.16. The van der Waals surface area contributed by atoms with Crippen LogP contribution >= 0.6 is 0 Å². The van der Waals surface area contributed by atoms with Crippen LogP contribution in [-0.2, 0) is 9.53 Å². The number of aliphatic hydroxyl groups is 1. The SMILES string of the molecule is COC(=O)CC[C@@H](C)[C@H]1CCC2C3C[C@@H](O)[C@H]4C[C@@H](NCCCNCCCCNCCCN)CC[C@]4(C)C3CC[C@@]21C. The summed E-state index contributed by atoms with van der Waals surface area (Å²) in [4.78, 5) is 11.8. The maximum atomic E-state index is 11.8. The highest BCUT2D eigenvalue weighted by Gasteiger charge is 2.62. The number of ether oxygens (including phenoxy) is 1. The summed E-state index contributed by atoms with van der Waals surface area (Å²) >= 11 is 0. The fourth-order valence-electron chi connectivity index (χ4n) is 10.6. The zero-order valence-corrected chi connectivity index (χ0v) is 27.6. The van der Waals surface area contributed by atoms with Gasteiger partial charge in [0.05, 0.1) is 13.2 Å². The van der Waals surface area contributed by atoms with Crippen LogP contribution in [0, 0.1) is 46.3 Å². The van der Waals surface area contributed by atoms with E-state index >= 15 is 0 Å². The van der Waals surface area contributed by atoms with Gasteiger partial charge in [-0.25, -0.2) is 0 Å². The van der Waals surface area contributed by atoms with Crippen LogP contribution in [0.1, 0.15) is 111 Å². The number of fused-ring (bicyclic) bond motifs is 5. The lowest BCUT2D eigenvalue weighted by Crippen LogP contribution is -2.59. The van der Waals surface area contributed by atoms with Crippen molar-refractivity contribution in [2.24, 2.45) is 52.1 Å². The van der Waals surface area contributed by atoms with Crippen LogP contribution in [-0.4, -0.2) is 69.6 Å². The second-order valence-corrected chi connectivity index (χ2v) is 15.2. The van der Waals surface area contributed by atoms with Gasteiger partial charge in [-0.1, -0.05) is 20.8 Å². The Bertz CT molecular complexity index is 828. The number of carbonyl (C=O) groups is 1. The number of aliphatic hydroxyl groups excluding tert-OH is 1. The van der Waals surface area contributed by atoms with Gasteiger partial charge in [0.25, 0.3) is 0 Å². The van der Waals surface area contributed by atoms with Gasteiger partial charge in [-0.15, -0.1) is 0 Å². The summed E-state index contributed by atoms with van der Waals surface area (Å²) in [5, 5.41) is 22.6. The van der Waals surface area contributed by atoms with Crippen molar-refractivity contribution in [1.29, 1.82) is 0 Å². The van der Waals surface area contributed by atoms with Crippen molar-refractivity contribution in [3.8, 4) is 0 Å². The summed E-state index contributed by atoms with van der Waals surface area (Å²) in [5.74, 6) is 3.75. The van der Waals surface area contributed by atoms with Crippen LogP contribution < -0.4 is 21.7 Å². The molecule has 42 heavy (non-hydrogen) atoms. The third kappa shape index (κ3) is 7.91. The molecule has 4 saturated carbocycles. The minimum atomic E-state index is -0.162. The molecule has 0 radical (unpaired) electrons. The van der Waals surface area contributed by atoms with Crippen molar-refractivity contribution in [1.82, 2.24) is 16.0 Å². The smallest absolute Gasteiger partial charge is 0.305 e. The standard InChI is InChI=1S/C35H66N4O3/c1-25(9-12-33(41)42-4)28-10-11-29-27-24-32(40)31-23-26(13-15-35(31,3)30(27)14-16-34(28,29)2)39-22-8-21-38-19-6-5-18-37-20-7-17-36/h25-32,37-40H,5-24,36H2,1-4H3/t25-,26+,27?,28-,29?,30?,31-,32-,34-,35-/m1/s1. The Labute approximate surface area is 257 Å². The first-order valence-corrected chi connectivity index (χ1v) is 17.8. The van der Waals surface area contributed by atoms with Crippen LogP contribution in [0.4, 0.5) is 0 Å². The van der Waals surface area contributed by atoms with Gasteiger partial charge in [0, 0.05) is 12.5 Å². The van der Waals surface area contributed by atoms with Crippen LogP contribution in [0.2, 0.25) is 0 Å². The molecule has 4 rings (SSSR count). The Morgan fingerprint density at radius 2 is 1.55 bits per heavy atom. The second-order valence-electron chi connectivity index (χ2n) is 15.2. The van der Waals surface area contributed by atoms with Crippen molar-refractivity contribution < 1.29 is 14.6 Å². The molecule has 4 fully saturated rings. The second kappa shape index (κ2) is 16.0. The molecule has 10 atom stereocenters. The molecule has 7 nitrogen and oxygen atoms in total. The fourth-order valence-corrected chi connectivity index (χ4v) is 10.6. The number of carbonyl (C=O) groups excluding carboxylic acids is 1. The number of nitrogens with two attached hydrogens (primary N) is 1. The van der Waals surface area contributed by atoms with Crippen LogP contribution in [0.25, 0.3) is 0 Å². The Morgan fingerprint density at radius 1 is 0.881 bits per heavy atom. The third-order valence-corrected chi connectivity index (χ3v) is 12.9. The molecular weight excluding hydrogens is 524 g/mol. The fraction of sp³-hybridized carbons (Fsp3) is 0.971. The molecule has 0 spiro atoms. The Morgan fingerprint density at radius 3 is 2.26 bits per heavy atom. The normalized spacial score (nSPS) is 38.4. The van der Waals surface area contributed by atoms with Gasteiger partial charge >= 0.3 is 5.97 Å². The van der Waals surface area contributed by atoms with Crippen LogP contribution in [0.3, 0.4) is 0 Å². The highest BCUT2D eigenvalue weighted by Crippen LogP contribution is 2.68. The van der Waals surface area contributed by atoms with Gasteiger partial charge in [-0.05, 0) is 169 Å². The molecule has 0 aromatic rings. The molecule has 7 heteroatoms. The molecule has 0 aliphatic heterocycles. The lowest BCUT2D eigenvalue weighted by Gasteiger charge is -2.62. The maximum absolute atomic E-state index is 11.8. The Hall–Kier alpha value is -0.730. The summed E-state index contributed by atoms with van der Waals surface area (Å²) in [6.07, 6.45) is 15.9. The molecule has 244 valence electrons. The number of hydrogen-bond donors (Lipinski definition) is 5. The average Bonchev–Trinajstić information content (AvgIpc) is 3.34. The molecule has 3 unspecified atom stereocenters. The largest absolute Gasteiger partial charge is 0.469 e. The van der Waals surface area contributed by atoms with Gasteiger partial charge < -0.3 is 31.5 Å². The molecule has 0 aromatic heterocycles. The van der Waals surface area contributed by atoms with E-state index in [-0.39, 0.29) is 17.5 Å². The molecule has 0 saturated heterocycles. The van der Waals surface area contributed by atoms with E-state index in [4.69, 9.17) is 10.5 Å². The van der Waals surface area contributed by atoms with Gasteiger partial charge in [-0.3, -0.25) is 4.79 Å². The first-order valence-electron chi connectivity index (χ1n) is 17.8. The highest BCUT2D eigenvalue weighted by molar-refractivity contribution is 5.69. The number of unbranched alkanes of at least 4 members (excludes halogenated alkanes) is 1. The third-order valence-electron chi connectivity index (χ3n) is 12.9. The number of hydrogen-bond acceptors (Lipinski definition) is 7. The van der Waals surface area contributed by atoms with Crippen molar-refractivity contribution in [3.05, 3.63) is 0 Å². The van der Waals surface area contributed by atoms with Crippen molar-refractivity contribution in [3.63, 3.8) is 0 Å². The van der Waals surface area contributed by atoms with E-state index in [1.807, 2.05) is 0 Å². The van der Waals surface area contributed by atoms with E-state index in [0.717, 1.165) is 76.8 Å². The molecule has 4 aliphatic rings. The predicted molar refractivity (Wildman–Crippen MR) is 172 cm³/mol. The van der Waals surface area contributed by atoms with Gasteiger partial charge in [-0.2, -0.15) is 0 Å². The number of methoxy groups -OCH3 is 1. The zero-order valence-electron chi connectivity index (χ0n) is 27.6. The summed E-state index contributed by atoms with van der Waals surface area (Å²) in [7, 11) is 1.50. The van der Waals surface area contributed by atoms with Gasteiger partial charge in [0.1, 0.15) is 0 Å². The van der Waals surface area contributed by atoms with Crippen molar-refractivity contribution in [2.45, 2.75) is 123 Å². The molecular formula is C35H66N4O3. The van der Waals surface area contributed by atoms with Crippen LogP contribution in [0.5, 0.6) is 0 Å². The van der Waals surface area contributed by atoms with Crippen molar-refractivity contribution >= 4 is 5.97 Å². The quantitative estimate of drug-likeness (QED) is 0.122. The Balaban J connectivity index is 1.20. The monoisotopic (exact) mass is 591 g/mol. The lowest BCUT2D eigenvalue weighted by atomic mass is 9.43. The minimum Gasteiger partial charge on any atom is -0.469 e. The molecule has 6 N–H and O–H groups in total. The first-order chi connectivity index (χ1) is 20.2. The molecule has 4 aliphatic carbocycles.